The lowest BCUT2D eigenvalue weighted by atomic mass is 10.3. The molecule has 0 saturated heterocycles. The Bertz CT molecular complexity index is 93.6. The quantitative estimate of drug-likeness (QED) is 0.580. The van der Waals surface area contributed by atoms with Crippen LogP contribution in [0.15, 0.2) is 0 Å². The molecule has 0 aliphatic carbocycles. The summed E-state index contributed by atoms with van der Waals surface area (Å²) >= 11 is 5.06. The van der Waals surface area contributed by atoms with E-state index in [1.54, 1.807) is 0 Å². The summed E-state index contributed by atoms with van der Waals surface area (Å²) in [6.45, 7) is 4.95. The summed E-state index contributed by atoms with van der Waals surface area (Å²) in [5, 5.41) is 0. The summed E-state index contributed by atoms with van der Waals surface area (Å²) in [5.74, 6) is 1.07. The highest BCUT2D eigenvalue weighted by Gasteiger charge is 1.92. The van der Waals surface area contributed by atoms with E-state index >= 15 is 0 Å². The summed E-state index contributed by atoms with van der Waals surface area (Å²) in [7, 11) is -0.188. The number of hydrogen-bond donors (Lipinski definition) is 0. The largest absolute Gasteiger partial charge is 0.313 e. The van der Waals surface area contributed by atoms with Gasteiger partial charge in [-0.1, -0.05) is 19.8 Å². The van der Waals surface area contributed by atoms with Crippen molar-refractivity contribution in [3.63, 3.8) is 0 Å². The second kappa shape index (κ2) is 7.63. The Hall–Kier alpha value is 0.530. The molecule has 0 saturated carbocycles. The van der Waals surface area contributed by atoms with Gasteiger partial charge in [-0.25, -0.2) is 0 Å². The Balaban J connectivity index is 3.05. The van der Waals surface area contributed by atoms with Gasteiger partial charge < -0.3 is 4.18 Å². The van der Waals surface area contributed by atoms with Gasteiger partial charge in [-0.15, -0.1) is 0 Å². The number of hydrogen-bond acceptors (Lipinski definition) is 2. The van der Waals surface area contributed by atoms with Gasteiger partial charge >= 0.3 is 0 Å². The summed E-state index contributed by atoms with van der Waals surface area (Å²) in [6.07, 6.45) is 3.77. The molecule has 62 valence electrons. The molecule has 0 fully saturated rings. The molecule has 0 bridgehead atoms. The Labute approximate surface area is 71.0 Å². The molecule has 0 aromatic rings. The fourth-order valence-electron chi connectivity index (χ4n) is 0.660. The van der Waals surface area contributed by atoms with Gasteiger partial charge in [-0.05, 0) is 24.5 Å². The highest BCUT2D eigenvalue weighted by atomic mass is 32.8. The first-order chi connectivity index (χ1) is 4.81. The van der Waals surface area contributed by atoms with Crippen molar-refractivity contribution in [1.29, 1.82) is 0 Å². The van der Waals surface area contributed by atoms with E-state index in [0.29, 0.717) is 0 Å². The average Bonchev–Trinajstić information content (AvgIpc) is 1.89. The van der Waals surface area contributed by atoms with E-state index in [-0.39, 0.29) is 9.74 Å². The van der Waals surface area contributed by atoms with E-state index in [1.165, 1.54) is 19.3 Å². The number of rotatable bonds is 6. The van der Waals surface area contributed by atoms with E-state index in [9.17, 15) is 0 Å². The van der Waals surface area contributed by atoms with E-state index < -0.39 is 0 Å². The smallest absolute Gasteiger partial charge is 0.0588 e. The van der Waals surface area contributed by atoms with Crippen LogP contribution in [0.1, 0.15) is 33.1 Å². The first-order valence-electron chi connectivity index (χ1n) is 3.82. The van der Waals surface area contributed by atoms with Gasteiger partial charge in [-0.3, -0.25) is 0 Å². The van der Waals surface area contributed by atoms with Crippen LogP contribution in [0.3, 0.4) is 0 Å². The molecular weight excluding hydrogens is 164 g/mol. The van der Waals surface area contributed by atoms with Gasteiger partial charge in [0.15, 0.2) is 0 Å². The minimum atomic E-state index is -0.188. The molecule has 3 heteroatoms. The zero-order valence-electron chi connectivity index (χ0n) is 6.76. The fraction of sp³-hybridized carbons (Fsp3) is 1.00. The molecule has 0 aliphatic rings. The standard InChI is InChI=1S/C7H16OS2/c1-3-5-6-7-10(9)8-4-2/h3-7H2,1-2H3. The highest BCUT2D eigenvalue weighted by Crippen LogP contribution is 1.97. The van der Waals surface area contributed by atoms with Gasteiger partial charge in [0.05, 0.1) is 6.61 Å². The second-order valence-electron chi connectivity index (χ2n) is 2.12. The lowest BCUT2D eigenvalue weighted by Crippen LogP contribution is -2.00. The average molecular weight is 180 g/mol. The zero-order valence-corrected chi connectivity index (χ0v) is 8.39. The molecular formula is C7H16OS2. The van der Waals surface area contributed by atoms with Crippen LogP contribution in [-0.2, 0) is 25.1 Å². The van der Waals surface area contributed by atoms with Crippen molar-refractivity contribution in [3.8, 4) is 0 Å². The van der Waals surface area contributed by atoms with Gasteiger partial charge in [0, 0.05) is 15.5 Å². The highest BCUT2D eigenvalue weighted by molar-refractivity contribution is 8.26. The minimum Gasteiger partial charge on any atom is -0.313 e. The Morgan fingerprint density at radius 1 is 1.30 bits per heavy atom. The van der Waals surface area contributed by atoms with Crippen LogP contribution >= 0.6 is 0 Å². The van der Waals surface area contributed by atoms with Crippen molar-refractivity contribution < 1.29 is 4.18 Å². The number of unbranched alkanes of at least 4 members (excludes halogenated alkanes) is 2. The molecule has 1 atom stereocenters. The van der Waals surface area contributed by atoms with Crippen LogP contribution < -0.4 is 0 Å². The predicted molar refractivity (Wildman–Crippen MR) is 50.7 cm³/mol. The SMILES string of the molecule is CCCCCS(=S)OCC. The molecule has 0 radical (unpaired) electrons. The van der Waals surface area contributed by atoms with Gasteiger partial charge in [-0.2, -0.15) is 0 Å². The van der Waals surface area contributed by atoms with Gasteiger partial charge in [0.1, 0.15) is 0 Å². The maximum atomic E-state index is 5.23. The van der Waals surface area contributed by atoms with Crippen LogP contribution in [0.25, 0.3) is 0 Å². The van der Waals surface area contributed by atoms with Crippen molar-refractivity contribution in [3.05, 3.63) is 0 Å². The Morgan fingerprint density at radius 3 is 2.50 bits per heavy atom. The first kappa shape index (κ1) is 10.5. The lowest BCUT2D eigenvalue weighted by Gasteiger charge is -2.02. The third-order valence-corrected chi connectivity index (χ3v) is 3.07. The second-order valence-corrected chi connectivity index (χ2v) is 4.49. The van der Waals surface area contributed by atoms with Crippen molar-refractivity contribution >= 4 is 20.9 Å². The van der Waals surface area contributed by atoms with Gasteiger partial charge in [0.2, 0.25) is 0 Å². The maximum absolute atomic E-state index is 5.23. The molecule has 0 spiro atoms. The van der Waals surface area contributed by atoms with Gasteiger partial charge in [0.25, 0.3) is 0 Å². The van der Waals surface area contributed by atoms with Crippen molar-refractivity contribution in [2.75, 3.05) is 12.4 Å². The van der Waals surface area contributed by atoms with Crippen molar-refractivity contribution in [1.82, 2.24) is 0 Å². The molecule has 0 aromatic heterocycles. The molecule has 1 unspecified atom stereocenters. The third-order valence-electron chi connectivity index (χ3n) is 1.16. The fourth-order valence-corrected chi connectivity index (χ4v) is 2.12. The third kappa shape index (κ3) is 6.65. The molecule has 0 N–H and O–H groups in total. The minimum absolute atomic E-state index is 0.188. The van der Waals surface area contributed by atoms with Crippen LogP contribution in [0.5, 0.6) is 0 Å². The van der Waals surface area contributed by atoms with Crippen molar-refractivity contribution in [2.24, 2.45) is 0 Å². The molecule has 1 nitrogen and oxygen atoms in total. The lowest BCUT2D eigenvalue weighted by molar-refractivity contribution is 0.396. The van der Waals surface area contributed by atoms with Crippen molar-refractivity contribution in [2.45, 2.75) is 33.1 Å². The molecule has 0 aliphatic heterocycles. The normalized spacial score (nSPS) is 13.4. The monoisotopic (exact) mass is 180 g/mol. The summed E-state index contributed by atoms with van der Waals surface area (Å²) in [6, 6.07) is 0. The van der Waals surface area contributed by atoms with Crippen LogP contribution in [0.4, 0.5) is 0 Å². The molecule has 0 rings (SSSR count). The van der Waals surface area contributed by atoms with E-state index in [4.69, 9.17) is 15.4 Å². The molecule has 0 amide bonds. The summed E-state index contributed by atoms with van der Waals surface area (Å²) in [5.41, 5.74) is 0. The van der Waals surface area contributed by atoms with Crippen LogP contribution in [0, 0.1) is 0 Å². The Morgan fingerprint density at radius 2 is 2.00 bits per heavy atom. The molecule has 0 heterocycles. The zero-order chi connectivity index (χ0) is 7.82. The summed E-state index contributed by atoms with van der Waals surface area (Å²) < 4.78 is 5.23. The Kier molecular flexibility index (Phi) is 8.04. The van der Waals surface area contributed by atoms with E-state index in [2.05, 4.69) is 6.92 Å². The molecule has 10 heavy (non-hydrogen) atoms. The van der Waals surface area contributed by atoms with Crippen LogP contribution in [-0.4, -0.2) is 12.4 Å². The van der Waals surface area contributed by atoms with E-state index in [0.717, 1.165) is 12.4 Å². The van der Waals surface area contributed by atoms with E-state index in [1.807, 2.05) is 6.92 Å². The van der Waals surface area contributed by atoms with Crippen LogP contribution in [0.2, 0.25) is 0 Å². The predicted octanol–water partition coefficient (Wildman–Crippen LogP) is 2.21. The first-order valence-corrected chi connectivity index (χ1v) is 6.07. The maximum Gasteiger partial charge on any atom is 0.0588 e. The molecule has 0 aromatic carbocycles. The summed E-state index contributed by atoms with van der Waals surface area (Å²) in [4.78, 5) is 0. The topological polar surface area (TPSA) is 9.23 Å².